The maximum absolute atomic E-state index is 11.2. The molecule has 1 N–H and O–H groups in total. The molecule has 0 heterocycles. The first-order valence-electron chi connectivity index (χ1n) is 5.28. The van der Waals surface area contributed by atoms with Gasteiger partial charge in [-0.05, 0) is 30.6 Å². The van der Waals surface area contributed by atoms with Crippen molar-refractivity contribution in [1.29, 1.82) is 0 Å². The Labute approximate surface area is 91.4 Å². The molecule has 0 saturated heterocycles. The van der Waals surface area contributed by atoms with Crippen molar-refractivity contribution in [3.8, 4) is 0 Å². The fraction of sp³-hybridized carbons (Fsp3) is 0.909. The van der Waals surface area contributed by atoms with E-state index in [9.17, 15) is 4.79 Å². The third kappa shape index (κ3) is 3.49. The van der Waals surface area contributed by atoms with E-state index in [1.165, 1.54) is 6.42 Å². The van der Waals surface area contributed by atoms with Crippen LogP contribution in [0.5, 0.6) is 0 Å². The van der Waals surface area contributed by atoms with Crippen molar-refractivity contribution in [2.75, 3.05) is 5.88 Å². The zero-order valence-electron chi connectivity index (χ0n) is 9.27. The quantitative estimate of drug-likeness (QED) is 0.708. The van der Waals surface area contributed by atoms with Gasteiger partial charge in [0.15, 0.2) is 0 Å². The number of carbonyl (C=O) groups is 1. The van der Waals surface area contributed by atoms with E-state index in [2.05, 4.69) is 26.1 Å². The van der Waals surface area contributed by atoms with E-state index < -0.39 is 0 Å². The van der Waals surface area contributed by atoms with Crippen molar-refractivity contribution in [1.82, 2.24) is 5.32 Å². The van der Waals surface area contributed by atoms with Crippen molar-refractivity contribution < 1.29 is 4.79 Å². The van der Waals surface area contributed by atoms with E-state index in [1.807, 2.05) is 0 Å². The van der Waals surface area contributed by atoms with Gasteiger partial charge in [0, 0.05) is 6.04 Å². The van der Waals surface area contributed by atoms with Gasteiger partial charge in [-0.1, -0.05) is 20.8 Å². The van der Waals surface area contributed by atoms with Crippen LogP contribution in [0.25, 0.3) is 0 Å². The average molecular weight is 218 g/mol. The minimum Gasteiger partial charge on any atom is -0.352 e. The van der Waals surface area contributed by atoms with Crippen molar-refractivity contribution in [2.45, 2.75) is 46.1 Å². The fourth-order valence-corrected chi connectivity index (χ4v) is 2.80. The van der Waals surface area contributed by atoms with Crippen LogP contribution in [0.15, 0.2) is 0 Å². The highest BCUT2D eigenvalue weighted by molar-refractivity contribution is 6.27. The third-order valence-electron chi connectivity index (χ3n) is 2.87. The van der Waals surface area contributed by atoms with Gasteiger partial charge in [-0.3, -0.25) is 4.79 Å². The molecular weight excluding hydrogens is 198 g/mol. The van der Waals surface area contributed by atoms with Crippen molar-refractivity contribution in [2.24, 2.45) is 11.3 Å². The summed E-state index contributed by atoms with van der Waals surface area (Å²) >= 11 is 5.47. The molecule has 0 radical (unpaired) electrons. The molecule has 0 aromatic carbocycles. The number of halogens is 1. The molecule has 1 aliphatic rings. The summed E-state index contributed by atoms with van der Waals surface area (Å²) in [5.41, 5.74) is 0.349. The predicted octanol–water partition coefficient (Wildman–Crippen LogP) is 2.56. The Balaban J connectivity index is 2.50. The number of hydrogen-bond acceptors (Lipinski definition) is 1. The summed E-state index contributed by atoms with van der Waals surface area (Å²) < 4.78 is 0. The Morgan fingerprint density at radius 3 is 2.64 bits per heavy atom. The molecule has 1 fully saturated rings. The first-order chi connectivity index (χ1) is 6.43. The third-order valence-corrected chi connectivity index (χ3v) is 3.12. The van der Waals surface area contributed by atoms with Crippen LogP contribution in [0.4, 0.5) is 0 Å². The zero-order chi connectivity index (χ0) is 10.8. The smallest absolute Gasteiger partial charge is 0.235 e. The zero-order valence-corrected chi connectivity index (χ0v) is 10.0. The highest BCUT2D eigenvalue weighted by Crippen LogP contribution is 2.38. The summed E-state index contributed by atoms with van der Waals surface area (Å²) in [5, 5.41) is 2.98. The van der Waals surface area contributed by atoms with Crippen LogP contribution in [-0.4, -0.2) is 17.8 Å². The molecule has 2 nitrogen and oxygen atoms in total. The summed E-state index contributed by atoms with van der Waals surface area (Å²) in [6.45, 7) is 6.78. The molecule has 1 amide bonds. The van der Waals surface area contributed by atoms with Gasteiger partial charge in [-0.25, -0.2) is 0 Å². The first kappa shape index (κ1) is 11.8. The number of carbonyl (C=O) groups excluding carboxylic acids is 1. The van der Waals surface area contributed by atoms with Gasteiger partial charge in [0.05, 0.1) is 0 Å². The lowest BCUT2D eigenvalue weighted by molar-refractivity contribution is -0.119. The summed E-state index contributed by atoms with van der Waals surface area (Å²) in [7, 11) is 0. The van der Waals surface area contributed by atoms with Crippen molar-refractivity contribution >= 4 is 17.5 Å². The van der Waals surface area contributed by atoms with E-state index >= 15 is 0 Å². The Morgan fingerprint density at radius 2 is 2.14 bits per heavy atom. The van der Waals surface area contributed by atoms with Gasteiger partial charge in [0.2, 0.25) is 5.91 Å². The molecule has 0 aromatic rings. The Hall–Kier alpha value is -0.240. The number of nitrogens with one attached hydrogen (secondary N) is 1. The average Bonchev–Trinajstić information content (AvgIpc) is 1.99. The standard InChI is InChI=1S/C11H20ClNO/c1-8-4-9(13-10(14)7-12)6-11(2,3)5-8/h8-9H,4-7H2,1-3H3,(H,13,14). The fourth-order valence-electron chi connectivity index (χ4n) is 2.72. The second kappa shape index (κ2) is 4.52. The molecule has 0 spiro atoms. The molecule has 2 atom stereocenters. The molecular formula is C11H20ClNO. The van der Waals surface area contributed by atoms with Gasteiger partial charge in [0.25, 0.3) is 0 Å². The van der Waals surface area contributed by atoms with Crippen LogP contribution >= 0.6 is 11.6 Å². The minimum atomic E-state index is -0.0402. The Morgan fingerprint density at radius 1 is 1.50 bits per heavy atom. The van der Waals surface area contributed by atoms with Crippen LogP contribution in [0, 0.1) is 11.3 Å². The normalized spacial score (nSPS) is 31.1. The molecule has 2 unspecified atom stereocenters. The lowest BCUT2D eigenvalue weighted by Crippen LogP contribution is -2.43. The number of alkyl halides is 1. The largest absolute Gasteiger partial charge is 0.352 e. The molecule has 0 bridgehead atoms. The lowest BCUT2D eigenvalue weighted by atomic mass is 9.70. The van der Waals surface area contributed by atoms with Crippen LogP contribution in [0.2, 0.25) is 0 Å². The van der Waals surface area contributed by atoms with E-state index in [-0.39, 0.29) is 11.8 Å². The molecule has 0 aromatic heterocycles. The molecule has 3 heteroatoms. The van der Waals surface area contributed by atoms with Gasteiger partial charge >= 0.3 is 0 Å². The number of rotatable bonds is 2. The summed E-state index contributed by atoms with van der Waals surface area (Å²) in [5.74, 6) is 0.728. The van der Waals surface area contributed by atoms with Crippen LogP contribution in [0.1, 0.15) is 40.0 Å². The molecule has 1 rings (SSSR count). The number of amides is 1. The molecule has 1 aliphatic carbocycles. The molecule has 82 valence electrons. The number of hydrogen-bond donors (Lipinski definition) is 1. The summed E-state index contributed by atoms with van der Waals surface area (Å²) in [6, 6.07) is 0.319. The van der Waals surface area contributed by atoms with Crippen LogP contribution in [-0.2, 0) is 4.79 Å². The maximum atomic E-state index is 11.2. The Bertz CT molecular complexity index is 215. The van der Waals surface area contributed by atoms with E-state index in [1.54, 1.807) is 0 Å². The first-order valence-corrected chi connectivity index (χ1v) is 5.82. The highest BCUT2D eigenvalue weighted by Gasteiger charge is 2.32. The second-order valence-electron chi connectivity index (χ2n) is 5.31. The van der Waals surface area contributed by atoms with E-state index in [0.29, 0.717) is 17.4 Å². The molecule has 1 saturated carbocycles. The second-order valence-corrected chi connectivity index (χ2v) is 5.58. The monoisotopic (exact) mass is 217 g/mol. The molecule has 14 heavy (non-hydrogen) atoms. The van der Waals surface area contributed by atoms with Gasteiger partial charge < -0.3 is 5.32 Å². The Kier molecular flexibility index (Phi) is 3.82. The summed E-state index contributed by atoms with van der Waals surface area (Å²) in [6.07, 6.45) is 3.41. The van der Waals surface area contributed by atoms with Gasteiger partial charge in [-0.15, -0.1) is 11.6 Å². The van der Waals surface area contributed by atoms with Crippen molar-refractivity contribution in [3.63, 3.8) is 0 Å². The van der Waals surface area contributed by atoms with E-state index in [0.717, 1.165) is 12.8 Å². The van der Waals surface area contributed by atoms with Crippen LogP contribution < -0.4 is 5.32 Å². The molecule has 0 aliphatic heterocycles. The lowest BCUT2D eigenvalue weighted by Gasteiger charge is -2.39. The van der Waals surface area contributed by atoms with Gasteiger partial charge in [-0.2, -0.15) is 0 Å². The van der Waals surface area contributed by atoms with Crippen LogP contribution in [0.3, 0.4) is 0 Å². The van der Waals surface area contributed by atoms with Gasteiger partial charge in [0.1, 0.15) is 5.88 Å². The summed E-state index contributed by atoms with van der Waals surface area (Å²) in [4.78, 5) is 11.2. The topological polar surface area (TPSA) is 29.1 Å². The van der Waals surface area contributed by atoms with Crippen molar-refractivity contribution in [3.05, 3.63) is 0 Å². The maximum Gasteiger partial charge on any atom is 0.235 e. The SMILES string of the molecule is CC1CC(NC(=O)CCl)CC(C)(C)C1. The highest BCUT2D eigenvalue weighted by atomic mass is 35.5. The minimum absolute atomic E-state index is 0.0402. The van der Waals surface area contributed by atoms with E-state index in [4.69, 9.17) is 11.6 Å². The predicted molar refractivity (Wildman–Crippen MR) is 59.4 cm³/mol.